The van der Waals surface area contributed by atoms with E-state index in [1.54, 1.807) is 25.3 Å². The van der Waals surface area contributed by atoms with Crippen molar-refractivity contribution in [3.63, 3.8) is 0 Å². The van der Waals surface area contributed by atoms with Gasteiger partial charge in [0.25, 0.3) is 11.8 Å². The van der Waals surface area contributed by atoms with Crippen molar-refractivity contribution >= 4 is 17.5 Å². The molecule has 7 nitrogen and oxygen atoms in total. The Bertz CT molecular complexity index is 965. The Balaban J connectivity index is 1.60. The third-order valence-corrected chi connectivity index (χ3v) is 4.50. The second kappa shape index (κ2) is 6.42. The minimum absolute atomic E-state index is 0.0326. The van der Waals surface area contributed by atoms with Crippen molar-refractivity contribution in [3.8, 4) is 5.75 Å². The van der Waals surface area contributed by atoms with Crippen LogP contribution < -0.4 is 9.64 Å². The van der Waals surface area contributed by atoms with Gasteiger partial charge in [0.05, 0.1) is 19.3 Å². The van der Waals surface area contributed by atoms with E-state index in [1.807, 2.05) is 6.07 Å². The van der Waals surface area contributed by atoms with Crippen LogP contribution in [-0.4, -0.2) is 36.0 Å². The van der Waals surface area contributed by atoms with E-state index < -0.39 is 35.5 Å². The molecule has 2 atom stereocenters. The summed E-state index contributed by atoms with van der Waals surface area (Å²) in [6.45, 7) is 0.243. The van der Waals surface area contributed by atoms with Crippen LogP contribution in [0.1, 0.15) is 5.56 Å². The van der Waals surface area contributed by atoms with Gasteiger partial charge in [-0.2, -0.15) is 5.11 Å². The molecule has 0 aliphatic carbocycles. The number of hydrogen-bond acceptors (Lipinski definition) is 6. The largest absolute Gasteiger partial charge is 0.497 e. The molecule has 0 bridgehead atoms. The molecular weight excluding hydrogens is 358 g/mol. The number of halogens is 2. The van der Waals surface area contributed by atoms with Gasteiger partial charge in [-0.3, -0.25) is 14.6 Å². The molecule has 0 spiro atoms. The second-order valence-corrected chi connectivity index (χ2v) is 6.15. The lowest BCUT2D eigenvalue weighted by molar-refractivity contribution is -0.123. The fraction of sp³-hybridized carbons (Fsp3) is 0.222. The monoisotopic (exact) mass is 372 g/mol. The summed E-state index contributed by atoms with van der Waals surface area (Å²) in [6, 6.07) is 8.15. The molecule has 2 aliphatic rings. The quantitative estimate of drug-likeness (QED) is 0.773. The van der Waals surface area contributed by atoms with Crippen molar-refractivity contribution in [2.75, 3.05) is 12.0 Å². The molecule has 27 heavy (non-hydrogen) atoms. The zero-order chi connectivity index (χ0) is 19.1. The first-order valence-corrected chi connectivity index (χ1v) is 8.13. The minimum Gasteiger partial charge on any atom is -0.497 e. The van der Waals surface area contributed by atoms with E-state index in [4.69, 9.17) is 4.74 Å². The number of anilines is 1. The van der Waals surface area contributed by atoms with Gasteiger partial charge in [0.1, 0.15) is 5.75 Å². The number of carbonyl (C=O) groups is 2. The van der Waals surface area contributed by atoms with Crippen molar-refractivity contribution in [2.45, 2.75) is 18.6 Å². The number of rotatable bonds is 4. The van der Waals surface area contributed by atoms with Gasteiger partial charge in [-0.1, -0.05) is 17.4 Å². The third kappa shape index (κ3) is 2.80. The van der Waals surface area contributed by atoms with Crippen LogP contribution in [0.5, 0.6) is 5.75 Å². The highest BCUT2D eigenvalue weighted by Crippen LogP contribution is 2.33. The Labute approximate surface area is 152 Å². The fourth-order valence-electron chi connectivity index (χ4n) is 3.19. The average Bonchev–Trinajstić information content (AvgIpc) is 3.18. The number of hydrogen-bond donors (Lipinski definition) is 0. The van der Waals surface area contributed by atoms with Gasteiger partial charge in [0.2, 0.25) is 0 Å². The van der Waals surface area contributed by atoms with Crippen LogP contribution >= 0.6 is 0 Å². The lowest BCUT2D eigenvalue weighted by Crippen LogP contribution is -2.39. The molecule has 2 aromatic carbocycles. The van der Waals surface area contributed by atoms with E-state index in [9.17, 15) is 18.4 Å². The van der Waals surface area contributed by atoms with Gasteiger partial charge in [-0.05, 0) is 29.8 Å². The lowest BCUT2D eigenvalue weighted by Gasteiger charge is -2.20. The molecule has 4 rings (SSSR count). The summed E-state index contributed by atoms with van der Waals surface area (Å²) < 4.78 is 31.9. The normalized spacial score (nSPS) is 21.1. The average molecular weight is 372 g/mol. The third-order valence-electron chi connectivity index (χ3n) is 4.50. The molecule has 9 heteroatoms. The van der Waals surface area contributed by atoms with Gasteiger partial charge in [-0.15, -0.1) is 0 Å². The van der Waals surface area contributed by atoms with Crippen LogP contribution in [0.4, 0.5) is 14.5 Å². The summed E-state index contributed by atoms with van der Waals surface area (Å²) in [5, 5.41) is 9.27. The number of benzene rings is 2. The van der Waals surface area contributed by atoms with E-state index in [2.05, 4.69) is 10.3 Å². The van der Waals surface area contributed by atoms with Crippen molar-refractivity contribution < 1.29 is 23.1 Å². The van der Waals surface area contributed by atoms with Gasteiger partial charge in [0, 0.05) is 6.07 Å². The first kappa shape index (κ1) is 17.1. The Morgan fingerprint density at radius 2 is 1.89 bits per heavy atom. The molecule has 0 radical (unpaired) electrons. The summed E-state index contributed by atoms with van der Waals surface area (Å²) in [5.74, 6) is -2.74. The van der Waals surface area contributed by atoms with E-state index in [-0.39, 0.29) is 12.2 Å². The maximum Gasteiger partial charge on any atom is 0.263 e. The molecule has 2 heterocycles. The number of fused-ring (bicyclic) bond motifs is 1. The van der Waals surface area contributed by atoms with Gasteiger partial charge >= 0.3 is 0 Å². The summed E-state index contributed by atoms with van der Waals surface area (Å²) >= 11 is 0. The summed E-state index contributed by atoms with van der Waals surface area (Å²) in [5.41, 5.74) is 0.787. The highest BCUT2D eigenvalue weighted by atomic mass is 19.2. The van der Waals surface area contributed by atoms with Crippen molar-refractivity contribution in [2.24, 2.45) is 10.3 Å². The number of methoxy groups -OCH3 is 1. The Kier molecular flexibility index (Phi) is 4.06. The summed E-state index contributed by atoms with van der Waals surface area (Å²) in [6.07, 6.45) is 0. The SMILES string of the molecule is COc1cccc(CN2N=N[C@@H]3C(=O)N(c4ccc(F)c(F)c4)C(=O)[C@@H]32)c1. The van der Waals surface area contributed by atoms with Crippen LogP contribution in [0.2, 0.25) is 0 Å². The van der Waals surface area contributed by atoms with Crippen LogP contribution in [-0.2, 0) is 16.1 Å². The van der Waals surface area contributed by atoms with Crippen LogP contribution in [0, 0.1) is 11.6 Å². The van der Waals surface area contributed by atoms with Crippen LogP contribution in [0.15, 0.2) is 52.8 Å². The van der Waals surface area contributed by atoms with Crippen molar-refractivity contribution in [1.82, 2.24) is 5.01 Å². The molecule has 1 fully saturated rings. The molecule has 2 amide bonds. The smallest absolute Gasteiger partial charge is 0.263 e. The van der Waals surface area contributed by atoms with E-state index in [0.29, 0.717) is 5.75 Å². The zero-order valence-electron chi connectivity index (χ0n) is 14.2. The first-order valence-electron chi connectivity index (χ1n) is 8.13. The standard InChI is InChI=1S/C18H14F2N4O3/c1-27-12-4-2-3-10(7-12)9-23-16-15(21-22-23)17(25)24(18(16)26)11-5-6-13(19)14(20)8-11/h2-8,15-16H,9H2,1H3/t15-,16+/m0/s1. The molecule has 0 aromatic heterocycles. The van der Waals surface area contributed by atoms with E-state index in [1.165, 1.54) is 11.1 Å². The van der Waals surface area contributed by atoms with Gasteiger partial charge in [-0.25, -0.2) is 13.7 Å². The molecule has 2 aliphatic heterocycles. The molecule has 0 N–H and O–H groups in total. The number of ether oxygens (including phenoxy) is 1. The second-order valence-electron chi connectivity index (χ2n) is 6.15. The molecule has 1 saturated heterocycles. The predicted octanol–water partition coefficient (Wildman–Crippen LogP) is 2.47. The minimum atomic E-state index is -1.14. The van der Waals surface area contributed by atoms with Gasteiger partial charge < -0.3 is 4.74 Å². The number of amides is 2. The first-order chi connectivity index (χ1) is 13.0. The van der Waals surface area contributed by atoms with Crippen LogP contribution in [0.3, 0.4) is 0 Å². The summed E-state index contributed by atoms with van der Waals surface area (Å²) in [7, 11) is 1.55. The van der Waals surface area contributed by atoms with Gasteiger partial charge in [0.15, 0.2) is 23.7 Å². The fourth-order valence-corrected chi connectivity index (χ4v) is 3.19. The number of carbonyl (C=O) groups excluding carboxylic acids is 2. The Hall–Kier alpha value is -3.36. The van der Waals surface area contributed by atoms with Crippen LogP contribution in [0.25, 0.3) is 0 Å². The van der Waals surface area contributed by atoms with E-state index in [0.717, 1.165) is 22.6 Å². The zero-order valence-corrected chi connectivity index (χ0v) is 14.2. The van der Waals surface area contributed by atoms with Crippen molar-refractivity contribution in [3.05, 3.63) is 59.7 Å². The molecule has 2 aromatic rings. The predicted molar refractivity (Wildman–Crippen MR) is 89.8 cm³/mol. The Morgan fingerprint density at radius 1 is 1.07 bits per heavy atom. The maximum atomic E-state index is 13.5. The number of nitrogens with zero attached hydrogens (tertiary/aromatic N) is 4. The Morgan fingerprint density at radius 3 is 2.63 bits per heavy atom. The maximum absolute atomic E-state index is 13.5. The highest BCUT2D eigenvalue weighted by molar-refractivity contribution is 6.25. The molecule has 138 valence electrons. The van der Waals surface area contributed by atoms with Crippen molar-refractivity contribution in [1.29, 1.82) is 0 Å². The lowest BCUT2D eigenvalue weighted by atomic mass is 10.1. The molecule has 0 unspecified atom stereocenters. The topological polar surface area (TPSA) is 74.6 Å². The number of imide groups is 1. The highest BCUT2D eigenvalue weighted by Gasteiger charge is 2.54. The summed E-state index contributed by atoms with van der Waals surface area (Å²) in [4.78, 5) is 26.2. The molecular formula is C18H14F2N4O3. The van der Waals surface area contributed by atoms with E-state index >= 15 is 0 Å². The molecule has 0 saturated carbocycles.